The van der Waals surface area contributed by atoms with Crippen LogP contribution in [0.25, 0.3) is 0 Å². The predicted molar refractivity (Wildman–Crippen MR) is 238 cm³/mol. The zero-order valence-electron chi connectivity index (χ0n) is 36.5. The Bertz CT molecular complexity index is 1200. The van der Waals surface area contributed by atoms with Gasteiger partial charge in [0.15, 0.2) is 11.9 Å². The van der Waals surface area contributed by atoms with Crippen LogP contribution in [-0.4, -0.2) is 55.1 Å². The van der Waals surface area contributed by atoms with Gasteiger partial charge >= 0.3 is 19.8 Å². The average molecular weight is 836 g/mol. The summed E-state index contributed by atoms with van der Waals surface area (Å²) in [5.41, 5.74) is 5.34. The number of rotatable bonds is 42. The number of hydrogen-bond donors (Lipinski definition) is 2. The summed E-state index contributed by atoms with van der Waals surface area (Å²) >= 11 is 0. The molecule has 0 aromatic rings. The maximum Gasteiger partial charge on any atom is 0.472 e. The van der Waals surface area contributed by atoms with E-state index in [2.05, 4.69) is 38.2 Å². The fourth-order valence-electron chi connectivity index (χ4n) is 5.93. The largest absolute Gasteiger partial charge is 0.472 e. The predicted octanol–water partition coefficient (Wildman–Crippen LogP) is 12.5. The zero-order valence-corrected chi connectivity index (χ0v) is 37.4. The van der Waals surface area contributed by atoms with Crippen LogP contribution in [0, 0.1) is 0 Å². The highest BCUT2D eigenvalue weighted by molar-refractivity contribution is 7.47. The summed E-state index contributed by atoms with van der Waals surface area (Å²) in [5.74, 6) is -0.764. The van der Waals surface area contributed by atoms with Crippen molar-refractivity contribution in [3.05, 3.63) is 60.8 Å². The third-order valence-corrected chi connectivity index (χ3v) is 10.3. The number of carbonyl (C=O) groups is 3. The van der Waals surface area contributed by atoms with E-state index < -0.39 is 32.5 Å². The Morgan fingerprint density at radius 1 is 0.569 bits per heavy atom. The van der Waals surface area contributed by atoms with Gasteiger partial charge in [-0.05, 0) is 70.3 Å². The Labute approximate surface area is 353 Å². The van der Waals surface area contributed by atoms with Crippen LogP contribution in [0.5, 0.6) is 0 Å². The number of esters is 2. The number of carbonyl (C=O) groups excluding carboxylic acids is 3. The molecule has 0 aromatic heterocycles. The molecule has 58 heavy (non-hydrogen) atoms. The first-order valence-corrected chi connectivity index (χ1v) is 24.2. The molecule has 1 unspecified atom stereocenters. The van der Waals surface area contributed by atoms with E-state index in [9.17, 15) is 23.8 Å². The van der Waals surface area contributed by atoms with Crippen LogP contribution in [0.2, 0.25) is 0 Å². The van der Waals surface area contributed by atoms with E-state index in [-0.39, 0.29) is 38.4 Å². The van der Waals surface area contributed by atoms with Gasteiger partial charge < -0.3 is 20.1 Å². The summed E-state index contributed by atoms with van der Waals surface area (Å²) < 4.78 is 32.7. The summed E-state index contributed by atoms with van der Waals surface area (Å²) in [5, 5.41) is 0. The lowest BCUT2D eigenvalue weighted by Gasteiger charge is -2.19. The van der Waals surface area contributed by atoms with E-state index in [1.54, 1.807) is 12.2 Å². The number of hydrogen-bond acceptors (Lipinski definition) is 9. The smallest absolute Gasteiger partial charge is 0.462 e. The molecule has 0 radical (unpaired) electrons. The summed E-state index contributed by atoms with van der Waals surface area (Å²) in [7, 11) is -4.41. The maximum absolute atomic E-state index is 12.6. The highest BCUT2D eigenvalue weighted by Crippen LogP contribution is 2.43. The van der Waals surface area contributed by atoms with Crippen molar-refractivity contribution in [2.45, 2.75) is 193 Å². The van der Waals surface area contributed by atoms with Gasteiger partial charge in [-0.2, -0.15) is 0 Å². The van der Waals surface area contributed by atoms with Crippen molar-refractivity contribution in [1.29, 1.82) is 0 Å². The van der Waals surface area contributed by atoms with Gasteiger partial charge in [0.1, 0.15) is 6.61 Å². The monoisotopic (exact) mass is 836 g/mol. The fraction of sp³-hybridized carbons (Fsp3) is 0.723. The van der Waals surface area contributed by atoms with Gasteiger partial charge in [0.05, 0.1) is 13.2 Å². The molecule has 2 atom stereocenters. The molecule has 11 heteroatoms. The first-order chi connectivity index (χ1) is 28.2. The molecule has 334 valence electrons. The number of phosphoric acid groups is 1. The Morgan fingerprint density at radius 3 is 1.71 bits per heavy atom. The number of nitrogens with two attached hydrogens (primary N) is 1. The van der Waals surface area contributed by atoms with Gasteiger partial charge in [-0.25, -0.2) is 4.57 Å². The summed E-state index contributed by atoms with van der Waals surface area (Å²) in [4.78, 5) is 46.6. The molecule has 0 rings (SSSR count). The SMILES string of the molecule is CCCCCCCC/C=C\CCCCCCCCCCCC(=O)O[C@H](COC(=O)CCC/C=C\C/C=C\C/C=C\C=C\C(=O)CCCCC)COP(=O)(O)OCCN. The normalized spacial score (nSPS) is 13.7. The topological polar surface area (TPSA) is 151 Å². The summed E-state index contributed by atoms with van der Waals surface area (Å²) in [6, 6.07) is 0. The average Bonchev–Trinajstić information content (AvgIpc) is 3.20. The van der Waals surface area contributed by atoms with Crippen LogP contribution >= 0.6 is 7.82 Å². The van der Waals surface area contributed by atoms with Crippen LogP contribution < -0.4 is 5.73 Å². The molecule has 0 heterocycles. The summed E-state index contributed by atoms with van der Waals surface area (Å²) in [6.07, 6.45) is 46.7. The molecule has 10 nitrogen and oxygen atoms in total. The second-order valence-corrected chi connectivity index (χ2v) is 16.4. The van der Waals surface area contributed by atoms with Gasteiger partial charge in [0, 0.05) is 25.8 Å². The molecule has 0 fully saturated rings. The standard InChI is InChI=1S/C47H82NO9P/c1-3-5-7-8-9-10-11-12-13-14-15-16-17-18-21-25-28-31-35-39-47(51)57-45(43-56-58(52,53)55-41-40-48)42-54-46(50)38-34-30-27-24-22-19-20-23-26-29-33-37-44(49)36-32-6-4-2/h12-13,19-20,24,26-27,29,33,37,45H,3-11,14-18,21-23,25,28,30-32,34-36,38-43,48H2,1-2H3,(H,52,53)/b13-12-,20-19-,27-24-,29-26-,37-33+/t45-/m1/s1. The minimum Gasteiger partial charge on any atom is -0.462 e. The lowest BCUT2D eigenvalue weighted by molar-refractivity contribution is -0.161. The molecule has 3 N–H and O–H groups in total. The Balaban J connectivity index is 4.25. The van der Waals surface area contributed by atoms with Crippen molar-refractivity contribution in [3.63, 3.8) is 0 Å². The van der Waals surface area contributed by atoms with E-state index in [1.807, 2.05) is 24.3 Å². The molecule has 0 spiro atoms. The quantitative estimate of drug-likeness (QED) is 0.0152. The summed E-state index contributed by atoms with van der Waals surface area (Å²) in [6.45, 7) is 3.48. The molecule has 0 saturated heterocycles. The third kappa shape index (κ3) is 41.5. The lowest BCUT2D eigenvalue weighted by atomic mass is 10.1. The van der Waals surface area contributed by atoms with Crippen LogP contribution in [0.3, 0.4) is 0 Å². The van der Waals surface area contributed by atoms with E-state index >= 15 is 0 Å². The Hall–Kier alpha value is -2.62. The maximum atomic E-state index is 12.6. The van der Waals surface area contributed by atoms with E-state index in [0.29, 0.717) is 25.7 Å². The first-order valence-electron chi connectivity index (χ1n) is 22.7. The van der Waals surface area contributed by atoms with E-state index in [0.717, 1.165) is 51.4 Å². The van der Waals surface area contributed by atoms with Gasteiger partial charge in [-0.15, -0.1) is 0 Å². The number of ketones is 1. The van der Waals surface area contributed by atoms with Crippen LogP contribution in [0.15, 0.2) is 60.8 Å². The van der Waals surface area contributed by atoms with E-state index in [1.165, 1.54) is 83.5 Å². The van der Waals surface area contributed by atoms with Crippen molar-refractivity contribution in [3.8, 4) is 0 Å². The van der Waals surface area contributed by atoms with Crippen LogP contribution in [0.1, 0.15) is 187 Å². The lowest BCUT2D eigenvalue weighted by Crippen LogP contribution is -2.29. The van der Waals surface area contributed by atoms with Crippen molar-refractivity contribution >= 4 is 25.5 Å². The van der Waals surface area contributed by atoms with Gasteiger partial charge in [-0.3, -0.25) is 23.4 Å². The molecule has 0 aliphatic heterocycles. The number of ether oxygens (including phenoxy) is 2. The van der Waals surface area contributed by atoms with Crippen LogP contribution in [-0.2, 0) is 37.5 Å². The Kier molecular flexibility index (Phi) is 40.6. The number of allylic oxidation sites excluding steroid dienone is 10. The molecule has 0 bridgehead atoms. The number of unbranched alkanes of at least 4 members (excludes halogenated alkanes) is 18. The first kappa shape index (κ1) is 55.4. The molecule has 0 aliphatic carbocycles. The van der Waals surface area contributed by atoms with Crippen molar-refractivity contribution in [2.24, 2.45) is 5.73 Å². The molecule has 0 saturated carbocycles. The molecule has 0 aromatic carbocycles. The Morgan fingerprint density at radius 2 is 1.07 bits per heavy atom. The van der Waals surface area contributed by atoms with Crippen molar-refractivity contribution in [1.82, 2.24) is 0 Å². The van der Waals surface area contributed by atoms with Crippen molar-refractivity contribution < 1.29 is 42.4 Å². The highest BCUT2D eigenvalue weighted by Gasteiger charge is 2.26. The zero-order chi connectivity index (χ0) is 42.6. The molecular formula is C47H82NO9P. The van der Waals surface area contributed by atoms with Gasteiger partial charge in [-0.1, -0.05) is 158 Å². The van der Waals surface area contributed by atoms with E-state index in [4.69, 9.17) is 24.3 Å². The second kappa shape index (κ2) is 42.5. The highest BCUT2D eigenvalue weighted by atomic mass is 31.2. The van der Waals surface area contributed by atoms with Gasteiger partial charge in [0.25, 0.3) is 0 Å². The minimum atomic E-state index is -4.41. The second-order valence-electron chi connectivity index (χ2n) is 14.9. The van der Waals surface area contributed by atoms with Gasteiger partial charge in [0.2, 0.25) is 0 Å². The minimum absolute atomic E-state index is 0.0346. The molecular weight excluding hydrogens is 753 g/mol. The van der Waals surface area contributed by atoms with Crippen molar-refractivity contribution in [2.75, 3.05) is 26.4 Å². The van der Waals surface area contributed by atoms with Crippen LogP contribution in [0.4, 0.5) is 0 Å². The molecule has 0 aliphatic rings. The third-order valence-electron chi connectivity index (χ3n) is 9.35. The molecule has 0 amide bonds. The fourth-order valence-corrected chi connectivity index (χ4v) is 6.69. The number of phosphoric ester groups is 1.